The lowest BCUT2D eigenvalue weighted by Crippen LogP contribution is -2.30. The van der Waals surface area contributed by atoms with E-state index in [1.807, 2.05) is 22.1 Å². The number of halogens is 1. The van der Waals surface area contributed by atoms with Gasteiger partial charge in [0.2, 0.25) is 5.91 Å². The van der Waals surface area contributed by atoms with E-state index in [1.54, 1.807) is 29.8 Å². The van der Waals surface area contributed by atoms with Gasteiger partial charge >= 0.3 is 0 Å². The Bertz CT molecular complexity index is 865. The number of thioether (sulfide) groups is 1. The molecule has 2 aromatic heterocycles. The third-order valence-corrected chi connectivity index (χ3v) is 6.17. The molecule has 1 atom stereocenters. The Morgan fingerprint density at radius 1 is 1.29 bits per heavy atom. The number of aryl methyl sites for hydroxylation is 1. The Morgan fingerprint density at radius 3 is 2.82 bits per heavy atom. The van der Waals surface area contributed by atoms with Crippen LogP contribution in [0.1, 0.15) is 42.7 Å². The molecule has 2 heterocycles. The molecule has 0 saturated heterocycles. The molecule has 28 heavy (non-hydrogen) atoms. The van der Waals surface area contributed by atoms with Gasteiger partial charge in [0, 0.05) is 11.4 Å². The van der Waals surface area contributed by atoms with Gasteiger partial charge in [0.15, 0.2) is 5.16 Å². The summed E-state index contributed by atoms with van der Waals surface area (Å²) in [6, 6.07) is 9.85. The number of unbranched alkanes of at least 4 members (excludes halogenated alkanes) is 2. The molecule has 0 fully saturated rings. The standard InChI is InChI=1S/C20H23FN4OS2/c1-2-3-4-11-25-14-22-24-20(25)28-13-18(26)23-19(17-6-5-12-27-17)15-7-9-16(21)10-8-15/h5-10,12,14,19H,2-4,11,13H2,1H3,(H,23,26)/t19-/m0/s1. The minimum absolute atomic E-state index is 0.101. The van der Waals surface area contributed by atoms with E-state index in [0.29, 0.717) is 0 Å². The van der Waals surface area contributed by atoms with E-state index in [0.717, 1.165) is 41.4 Å². The van der Waals surface area contributed by atoms with Gasteiger partial charge in [-0.1, -0.05) is 49.7 Å². The Balaban J connectivity index is 1.62. The Kier molecular flexibility index (Phi) is 7.62. The van der Waals surface area contributed by atoms with E-state index in [4.69, 9.17) is 0 Å². The average molecular weight is 419 g/mol. The van der Waals surface area contributed by atoms with Crippen molar-refractivity contribution in [1.82, 2.24) is 20.1 Å². The summed E-state index contributed by atoms with van der Waals surface area (Å²) < 4.78 is 15.3. The summed E-state index contributed by atoms with van der Waals surface area (Å²) in [6.07, 6.45) is 5.09. The number of thiophene rings is 1. The molecule has 0 bridgehead atoms. The first kappa shape index (κ1) is 20.5. The second kappa shape index (κ2) is 10.4. The fraction of sp³-hybridized carbons (Fsp3) is 0.350. The summed E-state index contributed by atoms with van der Waals surface area (Å²) in [6.45, 7) is 3.02. The maximum absolute atomic E-state index is 13.3. The van der Waals surface area contributed by atoms with Gasteiger partial charge in [0.25, 0.3) is 0 Å². The quantitative estimate of drug-likeness (QED) is 0.384. The van der Waals surface area contributed by atoms with E-state index in [-0.39, 0.29) is 23.5 Å². The molecule has 1 amide bonds. The van der Waals surface area contributed by atoms with E-state index < -0.39 is 0 Å². The minimum atomic E-state index is -0.295. The molecule has 1 N–H and O–H groups in total. The van der Waals surface area contributed by atoms with Crippen molar-refractivity contribution in [3.05, 3.63) is 64.4 Å². The van der Waals surface area contributed by atoms with Crippen LogP contribution in [0.3, 0.4) is 0 Å². The van der Waals surface area contributed by atoms with E-state index in [2.05, 4.69) is 22.4 Å². The van der Waals surface area contributed by atoms with Gasteiger partial charge in [-0.15, -0.1) is 21.5 Å². The molecule has 8 heteroatoms. The zero-order chi connectivity index (χ0) is 19.8. The van der Waals surface area contributed by atoms with Crippen LogP contribution < -0.4 is 5.32 Å². The monoisotopic (exact) mass is 418 g/mol. The van der Waals surface area contributed by atoms with Crippen LogP contribution in [0, 0.1) is 5.82 Å². The summed E-state index contributed by atoms with van der Waals surface area (Å²) in [4.78, 5) is 13.6. The van der Waals surface area contributed by atoms with Gasteiger partial charge < -0.3 is 9.88 Å². The van der Waals surface area contributed by atoms with Gasteiger partial charge in [0.1, 0.15) is 12.1 Å². The van der Waals surface area contributed by atoms with Crippen molar-refractivity contribution >= 4 is 29.0 Å². The maximum Gasteiger partial charge on any atom is 0.231 e. The number of rotatable bonds is 10. The molecular weight excluding hydrogens is 395 g/mol. The van der Waals surface area contributed by atoms with E-state index in [9.17, 15) is 9.18 Å². The maximum atomic E-state index is 13.3. The topological polar surface area (TPSA) is 59.8 Å². The highest BCUT2D eigenvalue weighted by atomic mass is 32.2. The van der Waals surface area contributed by atoms with Crippen LogP contribution in [0.5, 0.6) is 0 Å². The highest BCUT2D eigenvalue weighted by Crippen LogP contribution is 2.26. The zero-order valence-electron chi connectivity index (χ0n) is 15.7. The van der Waals surface area contributed by atoms with Crippen molar-refractivity contribution in [3.63, 3.8) is 0 Å². The second-order valence-corrected chi connectivity index (χ2v) is 8.29. The molecule has 1 aromatic carbocycles. The minimum Gasteiger partial charge on any atom is -0.344 e. The van der Waals surface area contributed by atoms with Crippen LogP contribution in [-0.4, -0.2) is 26.4 Å². The summed E-state index contributed by atoms with van der Waals surface area (Å²) in [5, 5.41) is 13.9. The first-order valence-electron chi connectivity index (χ1n) is 9.26. The molecule has 3 aromatic rings. The summed E-state index contributed by atoms with van der Waals surface area (Å²) in [5.41, 5.74) is 0.852. The predicted octanol–water partition coefficient (Wildman–Crippen LogP) is 4.67. The Hall–Kier alpha value is -2.19. The second-order valence-electron chi connectivity index (χ2n) is 6.37. The number of carbonyl (C=O) groups excluding carboxylic acids is 1. The number of nitrogens with one attached hydrogen (secondary N) is 1. The molecule has 0 aliphatic carbocycles. The molecule has 0 radical (unpaired) electrons. The average Bonchev–Trinajstić information content (AvgIpc) is 3.38. The molecule has 0 spiro atoms. The van der Waals surface area contributed by atoms with Crippen molar-refractivity contribution < 1.29 is 9.18 Å². The number of hydrogen-bond donors (Lipinski definition) is 1. The van der Waals surface area contributed by atoms with Crippen LogP contribution in [0.2, 0.25) is 0 Å². The fourth-order valence-corrected chi connectivity index (χ4v) is 4.36. The van der Waals surface area contributed by atoms with Gasteiger partial charge in [-0.2, -0.15) is 0 Å². The molecule has 0 unspecified atom stereocenters. The van der Waals surface area contributed by atoms with E-state index >= 15 is 0 Å². The number of aromatic nitrogens is 3. The lowest BCUT2D eigenvalue weighted by atomic mass is 10.1. The van der Waals surface area contributed by atoms with Crippen molar-refractivity contribution in [2.75, 3.05) is 5.75 Å². The van der Waals surface area contributed by atoms with Crippen LogP contribution in [-0.2, 0) is 11.3 Å². The van der Waals surface area contributed by atoms with Crippen molar-refractivity contribution in [3.8, 4) is 0 Å². The summed E-state index contributed by atoms with van der Waals surface area (Å²) in [7, 11) is 0. The lowest BCUT2D eigenvalue weighted by molar-refractivity contribution is -0.119. The number of nitrogens with zero attached hydrogens (tertiary/aromatic N) is 3. The number of carbonyl (C=O) groups is 1. The largest absolute Gasteiger partial charge is 0.344 e. The fourth-order valence-electron chi connectivity index (χ4n) is 2.80. The number of amides is 1. The Morgan fingerprint density at radius 2 is 2.11 bits per heavy atom. The van der Waals surface area contributed by atoms with Gasteiger partial charge in [-0.25, -0.2) is 4.39 Å². The molecular formula is C20H23FN4OS2. The molecule has 148 valence electrons. The smallest absolute Gasteiger partial charge is 0.231 e. The van der Waals surface area contributed by atoms with Crippen molar-refractivity contribution in [1.29, 1.82) is 0 Å². The third-order valence-electron chi connectivity index (χ3n) is 4.25. The van der Waals surface area contributed by atoms with Crippen LogP contribution in [0.25, 0.3) is 0 Å². The first-order chi connectivity index (χ1) is 13.7. The number of benzene rings is 1. The van der Waals surface area contributed by atoms with Crippen molar-refractivity contribution in [2.24, 2.45) is 0 Å². The van der Waals surface area contributed by atoms with Crippen LogP contribution in [0.15, 0.2) is 53.3 Å². The third kappa shape index (κ3) is 5.65. The normalized spacial score (nSPS) is 12.1. The van der Waals surface area contributed by atoms with E-state index in [1.165, 1.54) is 23.9 Å². The highest BCUT2D eigenvalue weighted by Gasteiger charge is 2.19. The predicted molar refractivity (Wildman–Crippen MR) is 111 cm³/mol. The molecule has 0 aliphatic heterocycles. The molecule has 0 saturated carbocycles. The van der Waals surface area contributed by atoms with Crippen LogP contribution >= 0.6 is 23.1 Å². The van der Waals surface area contributed by atoms with Gasteiger partial charge in [0.05, 0.1) is 11.8 Å². The zero-order valence-corrected chi connectivity index (χ0v) is 17.3. The van der Waals surface area contributed by atoms with Gasteiger partial charge in [-0.3, -0.25) is 4.79 Å². The highest BCUT2D eigenvalue weighted by molar-refractivity contribution is 7.99. The van der Waals surface area contributed by atoms with Gasteiger partial charge in [-0.05, 0) is 35.6 Å². The SMILES string of the molecule is CCCCCn1cnnc1SCC(=O)N[C@@H](c1ccc(F)cc1)c1cccs1. The molecule has 3 rings (SSSR count). The molecule has 0 aliphatic rings. The summed E-state index contributed by atoms with van der Waals surface area (Å²) in [5.74, 6) is -0.149. The Labute approximate surface area is 172 Å². The number of hydrogen-bond acceptors (Lipinski definition) is 5. The summed E-state index contributed by atoms with van der Waals surface area (Å²) >= 11 is 2.94. The lowest BCUT2D eigenvalue weighted by Gasteiger charge is -2.18. The first-order valence-corrected chi connectivity index (χ1v) is 11.1. The van der Waals surface area contributed by atoms with Crippen molar-refractivity contribution in [2.45, 2.75) is 43.9 Å². The molecule has 5 nitrogen and oxygen atoms in total. The van der Waals surface area contributed by atoms with Crippen LogP contribution in [0.4, 0.5) is 4.39 Å².